The molecule has 0 aliphatic heterocycles. The highest BCUT2D eigenvalue weighted by Gasteiger charge is 2.18. The summed E-state index contributed by atoms with van der Waals surface area (Å²) in [6, 6.07) is 0. The van der Waals surface area contributed by atoms with E-state index in [1.54, 1.807) is 24.6 Å². The lowest BCUT2D eigenvalue weighted by atomic mass is 10.1. The maximum atomic E-state index is 12.6. The number of nitrogens with zero attached hydrogens (tertiary/aromatic N) is 4. The Morgan fingerprint density at radius 2 is 2.14 bits per heavy atom. The second-order valence-corrected chi connectivity index (χ2v) is 5.13. The molecule has 0 bridgehead atoms. The maximum Gasteiger partial charge on any atom is 0.332 e. The Labute approximate surface area is 121 Å². The van der Waals surface area contributed by atoms with Crippen LogP contribution in [0.4, 0.5) is 0 Å². The molecule has 0 aliphatic rings. The molecule has 0 fully saturated rings. The van der Waals surface area contributed by atoms with Gasteiger partial charge in [-0.05, 0) is 6.92 Å². The minimum Gasteiger partial charge on any atom is -0.321 e. The van der Waals surface area contributed by atoms with Gasteiger partial charge in [-0.3, -0.25) is 18.7 Å². The Morgan fingerprint density at radius 1 is 1.48 bits per heavy atom. The van der Waals surface area contributed by atoms with E-state index in [9.17, 15) is 14.4 Å². The first-order chi connectivity index (χ1) is 9.88. The van der Waals surface area contributed by atoms with Gasteiger partial charge in [0.1, 0.15) is 5.78 Å². The summed E-state index contributed by atoms with van der Waals surface area (Å²) in [7, 11) is 1.56. The molecule has 0 aromatic carbocycles. The van der Waals surface area contributed by atoms with Gasteiger partial charge >= 0.3 is 5.69 Å². The predicted molar refractivity (Wildman–Crippen MR) is 79.3 cm³/mol. The van der Waals surface area contributed by atoms with Gasteiger partial charge in [-0.25, -0.2) is 9.78 Å². The molecular formula is C14H18N4O3. The lowest BCUT2D eigenvalue weighted by Gasteiger charge is -2.12. The van der Waals surface area contributed by atoms with Crippen molar-refractivity contribution in [3.8, 4) is 0 Å². The van der Waals surface area contributed by atoms with Gasteiger partial charge in [0.05, 0.1) is 6.33 Å². The van der Waals surface area contributed by atoms with E-state index in [0.29, 0.717) is 17.7 Å². The quantitative estimate of drug-likeness (QED) is 0.742. The Kier molecular flexibility index (Phi) is 3.93. The largest absolute Gasteiger partial charge is 0.332 e. The smallest absolute Gasteiger partial charge is 0.321 e. The van der Waals surface area contributed by atoms with Crippen LogP contribution in [0.1, 0.15) is 13.8 Å². The molecule has 112 valence electrons. The van der Waals surface area contributed by atoms with Crippen LogP contribution >= 0.6 is 0 Å². The molecule has 0 amide bonds. The summed E-state index contributed by atoms with van der Waals surface area (Å²) in [6.45, 7) is 7.26. The average molecular weight is 290 g/mol. The number of hydrogen-bond acceptors (Lipinski definition) is 4. The summed E-state index contributed by atoms with van der Waals surface area (Å²) >= 11 is 0. The second kappa shape index (κ2) is 5.51. The van der Waals surface area contributed by atoms with E-state index < -0.39 is 17.2 Å². The van der Waals surface area contributed by atoms with Gasteiger partial charge in [0, 0.05) is 26.1 Å². The lowest BCUT2D eigenvalue weighted by Crippen LogP contribution is -2.41. The van der Waals surface area contributed by atoms with E-state index >= 15 is 0 Å². The maximum absolute atomic E-state index is 12.6. The van der Waals surface area contributed by atoms with Crippen LogP contribution in [0.25, 0.3) is 11.2 Å². The number of ketones is 1. The number of carbonyl (C=O) groups is 1. The molecule has 2 aromatic rings. The van der Waals surface area contributed by atoms with Crippen molar-refractivity contribution in [2.75, 3.05) is 0 Å². The van der Waals surface area contributed by atoms with Crippen LogP contribution in [-0.2, 0) is 24.9 Å². The zero-order chi connectivity index (χ0) is 15.7. The van der Waals surface area contributed by atoms with Crippen LogP contribution < -0.4 is 11.2 Å². The highest BCUT2D eigenvalue weighted by atomic mass is 16.2. The first-order valence-corrected chi connectivity index (χ1v) is 6.64. The predicted octanol–water partition coefficient (Wildman–Crippen LogP) is 0.308. The summed E-state index contributed by atoms with van der Waals surface area (Å²) in [6.07, 6.45) is 3.15. The van der Waals surface area contributed by atoms with E-state index in [2.05, 4.69) is 11.6 Å². The van der Waals surface area contributed by atoms with Gasteiger partial charge in [-0.1, -0.05) is 13.0 Å². The first kappa shape index (κ1) is 15.0. The molecule has 0 N–H and O–H groups in total. The third kappa shape index (κ3) is 2.46. The fraction of sp³-hybridized carbons (Fsp3) is 0.429. The number of fused-ring (bicyclic) bond motifs is 1. The number of hydrogen-bond donors (Lipinski definition) is 0. The van der Waals surface area contributed by atoms with E-state index in [1.165, 1.54) is 17.8 Å². The van der Waals surface area contributed by atoms with Crippen molar-refractivity contribution < 1.29 is 4.79 Å². The Bertz CT molecular complexity index is 825. The average Bonchev–Trinajstić information content (AvgIpc) is 2.85. The van der Waals surface area contributed by atoms with Crippen LogP contribution in [0.15, 0.2) is 28.6 Å². The number of rotatable bonds is 5. The van der Waals surface area contributed by atoms with Crippen LogP contribution in [0.3, 0.4) is 0 Å². The highest BCUT2D eigenvalue weighted by molar-refractivity contribution is 5.77. The molecule has 0 saturated heterocycles. The summed E-state index contributed by atoms with van der Waals surface area (Å²) in [5, 5.41) is 0. The number of imidazole rings is 1. The second-order valence-electron chi connectivity index (χ2n) is 5.13. The Morgan fingerprint density at radius 3 is 2.71 bits per heavy atom. The van der Waals surface area contributed by atoms with Gasteiger partial charge in [-0.2, -0.15) is 0 Å². The minimum absolute atomic E-state index is 0.0655. The standard InChI is InChI=1S/C14H18N4O3/c1-5-6-17-8-15-12-11(17)13(20)18(14(21)16(12)4)7-9(2)10(3)19/h5,8-9H,1,6-7H2,2-4H3. The molecule has 0 aliphatic carbocycles. The van der Waals surface area contributed by atoms with Crippen molar-refractivity contribution in [2.24, 2.45) is 13.0 Å². The van der Waals surface area contributed by atoms with Crippen molar-refractivity contribution in [1.82, 2.24) is 18.7 Å². The minimum atomic E-state index is -0.468. The highest BCUT2D eigenvalue weighted by Crippen LogP contribution is 2.06. The third-order valence-electron chi connectivity index (χ3n) is 3.58. The SMILES string of the molecule is C=CCn1cnc2c1c(=O)n(CC(C)C(C)=O)c(=O)n2C. The van der Waals surface area contributed by atoms with E-state index in [4.69, 9.17) is 0 Å². The van der Waals surface area contributed by atoms with Gasteiger partial charge < -0.3 is 4.57 Å². The van der Waals surface area contributed by atoms with Crippen molar-refractivity contribution >= 4 is 16.9 Å². The molecule has 21 heavy (non-hydrogen) atoms. The fourth-order valence-corrected chi connectivity index (χ4v) is 2.16. The molecule has 0 radical (unpaired) electrons. The lowest BCUT2D eigenvalue weighted by molar-refractivity contribution is -0.120. The molecule has 0 spiro atoms. The molecule has 7 nitrogen and oxygen atoms in total. The van der Waals surface area contributed by atoms with Gasteiger partial charge in [-0.15, -0.1) is 6.58 Å². The number of aryl methyl sites for hydroxylation is 1. The number of allylic oxidation sites excluding steroid dienone is 1. The molecule has 1 atom stereocenters. The monoisotopic (exact) mass is 290 g/mol. The first-order valence-electron chi connectivity index (χ1n) is 6.64. The molecular weight excluding hydrogens is 272 g/mol. The zero-order valence-electron chi connectivity index (χ0n) is 12.4. The topological polar surface area (TPSA) is 78.9 Å². The third-order valence-corrected chi connectivity index (χ3v) is 3.58. The fourth-order valence-electron chi connectivity index (χ4n) is 2.16. The van der Waals surface area contributed by atoms with Crippen LogP contribution in [-0.4, -0.2) is 24.5 Å². The Balaban J connectivity index is 2.74. The van der Waals surface area contributed by atoms with Crippen molar-refractivity contribution in [2.45, 2.75) is 26.9 Å². The molecule has 1 unspecified atom stereocenters. The van der Waals surface area contributed by atoms with Crippen LogP contribution in [0, 0.1) is 5.92 Å². The Hall–Kier alpha value is -2.44. The van der Waals surface area contributed by atoms with Gasteiger partial charge in [0.2, 0.25) is 0 Å². The van der Waals surface area contributed by atoms with E-state index in [0.717, 1.165) is 4.57 Å². The van der Waals surface area contributed by atoms with E-state index in [1.807, 2.05) is 0 Å². The number of carbonyl (C=O) groups excluding carboxylic acids is 1. The molecule has 2 aromatic heterocycles. The van der Waals surface area contributed by atoms with Crippen molar-refractivity contribution in [1.29, 1.82) is 0 Å². The van der Waals surface area contributed by atoms with Crippen LogP contribution in [0.5, 0.6) is 0 Å². The summed E-state index contributed by atoms with van der Waals surface area (Å²) in [5.74, 6) is -0.465. The molecule has 0 saturated carbocycles. The summed E-state index contributed by atoms with van der Waals surface area (Å²) < 4.78 is 4.05. The molecule has 2 heterocycles. The van der Waals surface area contributed by atoms with Crippen molar-refractivity contribution in [3.63, 3.8) is 0 Å². The van der Waals surface area contributed by atoms with Crippen molar-refractivity contribution in [3.05, 3.63) is 39.8 Å². The molecule has 7 heteroatoms. The molecule has 2 rings (SSSR count). The number of aromatic nitrogens is 4. The van der Waals surface area contributed by atoms with E-state index in [-0.39, 0.29) is 12.3 Å². The summed E-state index contributed by atoms with van der Waals surface area (Å²) in [5.41, 5.74) is -0.226. The van der Waals surface area contributed by atoms with Crippen LogP contribution in [0.2, 0.25) is 0 Å². The number of Topliss-reactive ketones (excluding diaryl/α,β-unsaturated/α-hetero) is 1. The van der Waals surface area contributed by atoms with Gasteiger partial charge in [0.15, 0.2) is 11.2 Å². The summed E-state index contributed by atoms with van der Waals surface area (Å²) in [4.78, 5) is 40.3. The van der Waals surface area contributed by atoms with Gasteiger partial charge in [0.25, 0.3) is 5.56 Å². The normalized spacial score (nSPS) is 12.5. The zero-order valence-corrected chi connectivity index (χ0v) is 12.4.